The second-order valence-corrected chi connectivity index (χ2v) is 5.74. The fourth-order valence-electron chi connectivity index (χ4n) is 2.42. The molecule has 6 nitrogen and oxygen atoms in total. The summed E-state index contributed by atoms with van der Waals surface area (Å²) < 4.78 is 11.0. The molecular weight excluding hydrogens is 330 g/mol. The molecule has 1 aromatic carbocycles. The number of hydrogen-bond donors (Lipinski definition) is 1. The molecule has 0 saturated heterocycles. The molecular formula is C20H21N3O3. The first-order valence-electron chi connectivity index (χ1n) is 8.62. The summed E-state index contributed by atoms with van der Waals surface area (Å²) in [5.74, 6) is 1.21. The van der Waals surface area contributed by atoms with E-state index in [4.69, 9.17) is 9.15 Å². The molecule has 0 aliphatic heterocycles. The molecule has 2 aromatic heterocycles. The Morgan fingerprint density at radius 1 is 1.15 bits per heavy atom. The molecule has 134 valence electrons. The summed E-state index contributed by atoms with van der Waals surface area (Å²) in [6, 6.07) is 10.7. The molecule has 0 aliphatic rings. The van der Waals surface area contributed by atoms with Crippen LogP contribution < -0.4 is 10.1 Å². The average molecular weight is 351 g/mol. The number of benzene rings is 1. The zero-order chi connectivity index (χ0) is 18.2. The van der Waals surface area contributed by atoms with E-state index in [9.17, 15) is 4.79 Å². The van der Waals surface area contributed by atoms with E-state index in [0.29, 0.717) is 29.3 Å². The Balaban J connectivity index is 1.61. The number of furan rings is 1. The summed E-state index contributed by atoms with van der Waals surface area (Å²) in [7, 11) is 0. The normalized spacial score (nSPS) is 10.5. The van der Waals surface area contributed by atoms with Gasteiger partial charge in [0.15, 0.2) is 5.76 Å². The van der Waals surface area contributed by atoms with Crippen molar-refractivity contribution in [2.24, 2.45) is 0 Å². The van der Waals surface area contributed by atoms with Gasteiger partial charge in [-0.2, -0.15) is 0 Å². The van der Waals surface area contributed by atoms with Crippen molar-refractivity contribution < 1.29 is 13.9 Å². The Bertz CT molecular complexity index is 830. The van der Waals surface area contributed by atoms with Gasteiger partial charge in [0.2, 0.25) is 0 Å². The monoisotopic (exact) mass is 351 g/mol. The maximum absolute atomic E-state index is 12.4. The summed E-state index contributed by atoms with van der Waals surface area (Å²) in [5, 5.41) is 2.87. The predicted octanol–water partition coefficient (Wildman–Crippen LogP) is 3.85. The lowest BCUT2D eigenvalue weighted by atomic mass is 10.2. The molecule has 3 rings (SSSR count). The minimum Gasteiger partial charge on any atom is -0.494 e. The summed E-state index contributed by atoms with van der Waals surface area (Å²) in [4.78, 5) is 21.0. The molecule has 0 unspecified atom stereocenters. The first-order chi connectivity index (χ1) is 12.8. The Labute approximate surface area is 152 Å². The van der Waals surface area contributed by atoms with E-state index in [1.54, 1.807) is 49.0 Å². The molecule has 0 fully saturated rings. The smallest absolute Gasteiger partial charge is 0.251 e. The van der Waals surface area contributed by atoms with E-state index in [1.165, 1.54) is 0 Å². The minimum absolute atomic E-state index is 0.179. The van der Waals surface area contributed by atoms with Gasteiger partial charge in [0.05, 0.1) is 25.1 Å². The molecule has 1 amide bonds. The van der Waals surface area contributed by atoms with Gasteiger partial charge < -0.3 is 14.5 Å². The number of ether oxygens (including phenoxy) is 1. The van der Waals surface area contributed by atoms with Gasteiger partial charge in [0.25, 0.3) is 5.91 Å². The number of amides is 1. The second-order valence-electron chi connectivity index (χ2n) is 5.74. The van der Waals surface area contributed by atoms with Crippen molar-refractivity contribution in [3.63, 3.8) is 0 Å². The number of unbranched alkanes of at least 4 members (excludes halogenated alkanes) is 1. The fourth-order valence-corrected chi connectivity index (χ4v) is 2.42. The van der Waals surface area contributed by atoms with Gasteiger partial charge in [-0.05, 0) is 42.8 Å². The lowest BCUT2D eigenvalue weighted by Gasteiger charge is -2.09. The molecule has 0 bridgehead atoms. The Morgan fingerprint density at radius 3 is 2.69 bits per heavy atom. The number of nitrogens with one attached hydrogen (secondary N) is 1. The number of hydrogen-bond acceptors (Lipinski definition) is 5. The second kappa shape index (κ2) is 8.80. The highest BCUT2D eigenvalue weighted by molar-refractivity contribution is 5.94. The van der Waals surface area contributed by atoms with Crippen LogP contribution in [0.5, 0.6) is 5.75 Å². The molecule has 2 heterocycles. The van der Waals surface area contributed by atoms with Crippen molar-refractivity contribution in [1.82, 2.24) is 15.3 Å². The van der Waals surface area contributed by atoms with Crippen molar-refractivity contribution in [3.05, 3.63) is 66.3 Å². The van der Waals surface area contributed by atoms with Crippen molar-refractivity contribution in [2.45, 2.75) is 26.3 Å². The molecule has 0 atom stereocenters. The number of rotatable bonds is 8. The quantitative estimate of drug-likeness (QED) is 0.624. The van der Waals surface area contributed by atoms with Crippen LogP contribution in [-0.4, -0.2) is 22.5 Å². The predicted molar refractivity (Wildman–Crippen MR) is 97.7 cm³/mol. The first kappa shape index (κ1) is 17.7. The van der Waals surface area contributed by atoms with Crippen LogP contribution in [0.25, 0.3) is 11.5 Å². The Hall–Kier alpha value is -3.15. The van der Waals surface area contributed by atoms with Crippen LogP contribution in [0.4, 0.5) is 0 Å². The highest BCUT2D eigenvalue weighted by Gasteiger charge is 2.12. The van der Waals surface area contributed by atoms with Gasteiger partial charge in [-0.25, -0.2) is 4.98 Å². The van der Waals surface area contributed by atoms with Gasteiger partial charge in [0, 0.05) is 18.0 Å². The van der Waals surface area contributed by atoms with E-state index >= 15 is 0 Å². The largest absolute Gasteiger partial charge is 0.494 e. The van der Waals surface area contributed by atoms with Gasteiger partial charge in [0.1, 0.15) is 11.4 Å². The SMILES string of the molecule is CCCCOc1ccc(C(=O)NCc2nccnc2-c2ccco2)cc1. The summed E-state index contributed by atoms with van der Waals surface area (Å²) in [6.45, 7) is 3.06. The number of carbonyl (C=O) groups is 1. The molecule has 0 radical (unpaired) electrons. The fraction of sp³-hybridized carbons (Fsp3) is 0.250. The zero-order valence-corrected chi connectivity index (χ0v) is 14.6. The molecule has 0 spiro atoms. The Kier molecular flexibility index (Phi) is 5.98. The van der Waals surface area contributed by atoms with Crippen LogP contribution in [-0.2, 0) is 6.54 Å². The molecule has 0 aliphatic carbocycles. The van der Waals surface area contributed by atoms with Gasteiger partial charge in [-0.1, -0.05) is 13.3 Å². The van der Waals surface area contributed by atoms with Crippen molar-refractivity contribution in [1.29, 1.82) is 0 Å². The topological polar surface area (TPSA) is 77.2 Å². The summed E-state index contributed by atoms with van der Waals surface area (Å²) >= 11 is 0. The van der Waals surface area contributed by atoms with Crippen LogP contribution in [0, 0.1) is 0 Å². The van der Waals surface area contributed by atoms with Gasteiger partial charge >= 0.3 is 0 Å². The van der Waals surface area contributed by atoms with E-state index in [0.717, 1.165) is 18.6 Å². The highest BCUT2D eigenvalue weighted by atomic mass is 16.5. The van der Waals surface area contributed by atoms with Crippen molar-refractivity contribution >= 4 is 5.91 Å². The van der Waals surface area contributed by atoms with Crippen molar-refractivity contribution in [2.75, 3.05) is 6.61 Å². The third kappa shape index (κ3) is 4.47. The molecule has 0 saturated carbocycles. The van der Waals surface area contributed by atoms with E-state index in [2.05, 4.69) is 22.2 Å². The lowest BCUT2D eigenvalue weighted by molar-refractivity contribution is 0.0950. The van der Waals surface area contributed by atoms with Gasteiger partial charge in [-0.3, -0.25) is 9.78 Å². The third-order valence-electron chi connectivity index (χ3n) is 3.83. The molecule has 6 heteroatoms. The summed E-state index contributed by atoms with van der Waals surface area (Å²) in [5.41, 5.74) is 1.84. The number of nitrogens with zero attached hydrogens (tertiary/aromatic N) is 2. The van der Waals surface area contributed by atoms with Crippen LogP contribution in [0.1, 0.15) is 35.8 Å². The van der Waals surface area contributed by atoms with Crippen LogP contribution in [0.3, 0.4) is 0 Å². The molecule has 3 aromatic rings. The zero-order valence-electron chi connectivity index (χ0n) is 14.6. The molecule has 1 N–H and O–H groups in total. The number of carbonyl (C=O) groups excluding carboxylic acids is 1. The van der Waals surface area contributed by atoms with E-state index < -0.39 is 0 Å². The highest BCUT2D eigenvalue weighted by Crippen LogP contribution is 2.20. The lowest BCUT2D eigenvalue weighted by Crippen LogP contribution is -2.23. The average Bonchev–Trinajstić information content (AvgIpc) is 3.22. The number of aromatic nitrogens is 2. The Morgan fingerprint density at radius 2 is 1.96 bits per heavy atom. The van der Waals surface area contributed by atoms with Crippen LogP contribution in [0.2, 0.25) is 0 Å². The summed E-state index contributed by atoms with van der Waals surface area (Å²) in [6.07, 6.45) is 6.87. The minimum atomic E-state index is -0.179. The van der Waals surface area contributed by atoms with Crippen LogP contribution >= 0.6 is 0 Å². The maximum Gasteiger partial charge on any atom is 0.251 e. The standard InChI is InChI=1S/C20H21N3O3/c1-2-3-12-25-16-8-6-15(7-9-16)20(24)23-14-17-19(22-11-10-21-17)18-5-4-13-26-18/h4-11,13H,2-3,12,14H2,1H3,(H,23,24). The molecule has 26 heavy (non-hydrogen) atoms. The van der Waals surface area contributed by atoms with E-state index in [1.807, 2.05) is 6.07 Å². The van der Waals surface area contributed by atoms with Crippen LogP contribution in [0.15, 0.2) is 59.5 Å². The van der Waals surface area contributed by atoms with Crippen molar-refractivity contribution in [3.8, 4) is 17.2 Å². The van der Waals surface area contributed by atoms with Gasteiger partial charge in [-0.15, -0.1) is 0 Å². The first-order valence-corrected chi connectivity index (χ1v) is 8.62. The van der Waals surface area contributed by atoms with E-state index in [-0.39, 0.29) is 12.5 Å². The maximum atomic E-state index is 12.4. The third-order valence-corrected chi connectivity index (χ3v) is 3.83.